The van der Waals surface area contributed by atoms with Crippen molar-refractivity contribution in [2.75, 3.05) is 38.1 Å². The number of fused-ring (bicyclic) bond motifs is 1. The molecular weight excluding hydrogens is 364 g/mol. The zero-order chi connectivity index (χ0) is 16.5. The van der Waals surface area contributed by atoms with E-state index in [-0.39, 0.29) is 0 Å². The highest BCUT2D eigenvalue weighted by atomic mass is 79.9. The van der Waals surface area contributed by atoms with Gasteiger partial charge in [0.1, 0.15) is 5.82 Å². The van der Waals surface area contributed by atoms with Crippen LogP contribution in [0.25, 0.3) is 22.3 Å². The summed E-state index contributed by atoms with van der Waals surface area (Å²) >= 11 is 3.49. The molecule has 2 aromatic carbocycles. The number of anilines is 1. The molecule has 0 unspecified atom stereocenters. The summed E-state index contributed by atoms with van der Waals surface area (Å²) in [6.45, 7) is 4.12. The summed E-state index contributed by atoms with van der Waals surface area (Å²) in [5, 5.41) is 1.13. The molecule has 0 saturated carbocycles. The Morgan fingerprint density at radius 1 is 0.875 bits per heavy atom. The molecule has 2 heterocycles. The summed E-state index contributed by atoms with van der Waals surface area (Å²) < 4.78 is 1.06. The van der Waals surface area contributed by atoms with E-state index < -0.39 is 0 Å². The highest BCUT2D eigenvalue weighted by Gasteiger charge is 2.19. The molecule has 1 fully saturated rings. The van der Waals surface area contributed by atoms with Gasteiger partial charge in [0.05, 0.1) is 5.52 Å². The molecular formula is C19H19BrN4. The normalized spacial score (nSPS) is 15.8. The van der Waals surface area contributed by atoms with Gasteiger partial charge in [0, 0.05) is 41.6 Å². The Morgan fingerprint density at radius 2 is 1.58 bits per heavy atom. The van der Waals surface area contributed by atoms with E-state index in [1.54, 1.807) is 0 Å². The first kappa shape index (κ1) is 15.5. The SMILES string of the molecule is CN1CCN(c2nc(-c3ccc(Br)cc3)nc3ccccc23)CC1. The van der Waals surface area contributed by atoms with Crippen molar-refractivity contribution < 1.29 is 0 Å². The fourth-order valence-electron chi connectivity index (χ4n) is 3.05. The van der Waals surface area contributed by atoms with Gasteiger partial charge in [-0.2, -0.15) is 0 Å². The molecule has 0 aliphatic carbocycles. The first-order valence-corrected chi connectivity index (χ1v) is 8.96. The van der Waals surface area contributed by atoms with Crippen LogP contribution in [0.1, 0.15) is 0 Å². The zero-order valence-electron chi connectivity index (χ0n) is 13.6. The highest BCUT2D eigenvalue weighted by Crippen LogP contribution is 2.28. The third-order valence-corrected chi connectivity index (χ3v) is 5.02. The van der Waals surface area contributed by atoms with Gasteiger partial charge in [0.25, 0.3) is 0 Å². The van der Waals surface area contributed by atoms with Gasteiger partial charge in [-0.05, 0) is 31.3 Å². The topological polar surface area (TPSA) is 32.3 Å². The molecule has 122 valence electrons. The van der Waals surface area contributed by atoms with E-state index in [0.717, 1.165) is 58.8 Å². The lowest BCUT2D eigenvalue weighted by atomic mass is 10.1. The number of nitrogens with zero attached hydrogens (tertiary/aromatic N) is 4. The van der Waals surface area contributed by atoms with Gasteiger partial charge in [-0.3, -0.25) is 0 Å². The van der Waals surface area contributed by atoms with Gasteiger partial charge >= 0.3 is 0 Å². The number of benzene rings is 2. The second kappa shape index (κ2) is 6.49. The molecule has 0 bridgehead atoms. The van der Waals surface area contributed by atoms with E-state index in [1.807, 2.05) is 18.2 Å². The summed E-state index contributed by atoms with van der Waals surface area (Å²) in [7, 11) is 2.17. The van der Waals surface area contributed by atoms with E-state index in [1.165, 1.54) is 0 Å². The fourth-order valence-corrected chi connectivity index (χ4v) is 3.31. The smallest absolute Gasteiger partial charge is 0.162 e. The van der Waals surface area contributed by atoms with Crippen molar-refractivity contribution in [1.82, 2.24) is 14.9 Å². The van der Waals surface area contributed by atoms with Crippen molar-refractivity contribution >= 4 is 32.7 Å². The molecule has 0 radical (unpaired) electrons. The van der Waals surface area contributed by atoms with Crippen LogP contribution in [0.15, 0.2) is 53.0 Å². The summed E-state index contributed by atoms with van der Waals surface area (Å²) in [4.78, 5) is 14.5. The predicted octanol–water partition coefficient (Wildman–Crippen LogP) is 3.81. The minimum absolute atomic E-state index is 0.787. The third-order valence-electron chi connectivity index (χ3n) is 4.49. The minimum Gasteiger partial charge on any atom is -0.353 e. The number of hydrogen-bond donors (Lipinski definition) is 0. The van der Waals surface area contributed by atoms with Crippen LogP contribution in [0.5, 0.6) is 0 Å². The summed E-state index contributed by atoms with van der Waals surface area (Å²) in [5.41, 5.74) is 2.04. The Balaban J connectivity index is 1.83. The molecule has 0 spiro atoms. The van der Waals surface area contributed by atoms with Crippen LogP contribution in [0.4, 0.5) is 5.82 Å². The number of piperazine rings is 1. The molecule has 24 heavy (non-hydrogen) atoms. The molecule has 4 rings (SSSR count). The maximum absolute atomic E-state index is 4.93. The Kier molecular flexibility index (Phi) is 4.21. The Bertz CT molecular complexity index is 855. The number of likely N-dealkylation sites (N-methyl/N-ethyl adjacent to an activating group) is 1. The molecule has 0 N–H and O–H groups in total. The van der Waals surface area contributed by atoms with Crippen LogP contribution in [0.3, 0.4) is 0 Å². The lowest BCUT2D eigenvalue weighted by Crippen LogP contribution is -2.45. The molecule has 4 nitrogen and oxygen atoms in total. The Labute approximate surface area is 150 Å². The van der Waals surface area contributed by atoms with Crippen LogP contribution >= 0.6 is 15.9 Å². The zero-order valence-corrected chi connectivity index (χ0v) is 15.2. The van der Waals surface area contributed by atoms with Crippen LogP contribution in [-0.4, -0.2) is 48.1 Å². The lowest BCUT2D eigenvalue weighted by Gasteiger charge is -2.33. The summed E-state index contributed by atoms with van der Waals surface area (Å²) in [6.07, 6.45) is 0. The molecule has 0 amide bonds. The number of aromatic nitrogens is 2. The number of hydrogen-bond acceptors (Lipinski definition) is 4. The fraction of sp³-hybridized carbons (Fsp3) is 0.263. The van der Waals surface area contributed by atoms with Crippen molar-refractivity contribution in [2.45, 2.75) is 0 Å². The quantitative estimate of drug-likeness (QED) is 0.674. The molecule has 5 heteroatoms. The van der Waals surface area contributed by atoms with E-state index in [0.29, 0.717) is 0 Å². The van der Waals surface area contributed by atoms with Crippen molar-refractivity contribution in [3.05, 3.63) is 53.0 Å². The average molecular weight is 383 g/mol. The molecule has 1 saturated heterocycles. The van der Waals surface area contributed by atoms with Gasteiger partial charge in [0.15, 0.2) is 5.82 Å². The molecule has 1 aliphatic rings. The third kappa shape index (κ3) is 3.01. The van der Waals surface area contributed by atoms with Crippen LogP contribution in [0, 0.1) is 0 Å². The van der Waals surface area contributed by atoms with E-state index in [4.69, 9.17) is 9.97 Å². The van der Waals surface area contributed by atoms with E-state index >= 15 is 0 Å². The average Bonchev–Trinajstić information content (AvgIpc) is 2.62. The first-order valence-electron chi connectivity index (χ1n) is 8.17. The van der Waals surface area contributed by atoms with Gasteiger partial charge in [-0.15, -0.1) is 0 Å². The number of halogens is 1. The van der Waals surface area contributed by atoms with E-state index in [9.17, 15) is 0 Å². The predicted molar refractivity (Wildman–Crippen MR) is 102 cm³/mol. The van der Waals surface area contributed by atoms with E-state index in [2.05, 4.69) is 63.1 Å². The molecule has 1 aromatic heterocycles. The van der Waals surface area contributed by atoms with Crippen molar-refractivity contribution in [3.8, 4) is 11.4 Å². The van der Waals surface area contributed by atoms with Crippen LogP contribution < -0.4 is 4.90 Å². The largest absolute Gasteiger partial charge is 0.353 e. The maximum Gasteiger partial charge on any atom is 0.162 e. The second-order valence-corrected chi connectivity index (χ2v) is 7.10. The van der Waals surface area contributed by atoms with Gasteiger partial charge in [-0.25, -0.2) is 9.97 Å². The second-order valence-electron chi connectivity index (χ2n) is 6.19. The van der Waals surface area contributed by atoms with Crippen LogP contribution in [0.2, 0.25) is 0 Å². The van der Waals surface area contributed by atoms with Crippen molar-refractivity contribution in [2.24, 2.45) is 0 Å². The Morgan fingerprint density at radius 3 is 2.33 bits per heavy atom. The highest BCUT2D eigenvalue weighted by molar-refractivity contribution is 9.10. The molecule has 1 aliphatic heterocycles. The monoisotopic (exact) mass is 382 g/mol. The minimum atomic E-state index is 0.787. The van der Waals surface area contributed by atoms with Gasteiger partial charge in [0.2, 0.25) is 0 Å². The number of rotatable bonds is 2. The lowest BCUT2D eigenvalue weighted by molar-refractivity contribution is 0.312. The van der Waals surface area contributed by atoms with Gasteiger partial charge in [-0.1, -0.05) is 40.2 Å². The first-order chi connectivity index (χ1) is 11.7. The molecule has 3 aromatic rings. The van der Waals surface area contributed by atoms with Gasteiger partial charge < -0.3 is 9.80 Å². The summed E-state index contributed by atoms with van der Waals surface area (Å²) in [5.74, 6) is 1.83. The van der Waals surface area contributed by atoms with Crippen molar-refractivity contribution in [3.63, 3.8) is 0 Å². The molecule has 0 atom stereocenters. The Hall–Kier alpha value is -1.98. The standard InChI is InChI=1S/C19H19BrN4/c1-23-10-12-24(13-11-23)19-16-4-2-3-5-17(16)21-18(22-19)14-6-8-15(20)9-7-14/h2-9H,10-13H2,1H3. The number of para-hydroxylation sites is 1. The van der Waals surface area contributed by atoms with Crippen LogP contribution in [-0.2, 0) is 0 Å². The summed E-state index contributed by atoms with van der Waals surface area (Å²) in [6, 6.07) is 16.5. The van der Waals surface area contributed by atoms with Crippen molar-refractivity contribution in [1.29, 1.82) is 0 Å². The maximum atomic E-state index is 4.93.